The lowest BCUT2D eigenvalue weighted by molar-refractivity contribution is -0.138. The summed E-state index contributed by atoms with van der Waals surface area (Å²) in [4.78, 5) is 12.0. The zero-order valence-electron chi connectivity index (χ0n) is 18.0. The molecule has 1 heterocycles. The van der Waals surface area contributed by atoms with E-state index in [4.69, 9.17) is 14.2 Å². The van der Waals surface area contributed by atoms with E-state index < -0.39 is 11.7 Å². The summed E-state index contributed by atoms with van der Waals surface area (Å²) in [5.74, 6) is 0.509. The van der Waals surface area contributed by atoms with Gasteiger partial charge < -0.3 is 14.2 Å². The van der Waals surface area contributed by atoms with Crippen LogP contribution in [0.1, 0.15) is 50.7 Å². The summed E-state index contributed by atoms with van der Waals surface area (Å²) in [5.41, 5.74) is 1.89. The molecule has 1 saturated carbocycles. The smallest absolute Gasteiger partial charge is 0.416 e. The molecule has 2 aliphatic rings. The highest BCUT2D eigenvalue weighted by atomic mass is 19.4. The van der Waals surface area contributed by atoms with Crippen LogP contribution in [0.2, 0.25) is 0 Å². The molecule has 0 bridgehead atoms. The van der Waals surface area contributed by atoms with Crippen LogP contribution < -0.4 is 4.74 Å². The molecule has 0 radical (unpaired) electrons. The molecule has 2 fully saturated rings. The number of esters is 1. The molecule has 2 atom stereocenters. The van der Waals surface area contributed by atoms with E-state index in [1.54, 1.807) is 0 Å². The fraction of sp³-hybridized carbons (Fsp3) is 0.458. The Hall–Kier alpha value is -2.70. The van der Waals surface area contributed by atoms with Crippen molar-refractivity contribution >= 4 is 5.97 Å². The number of hydrogen-bond acceptors (Lipinski definition) is 4. The van der Waals surface area contributed by atoms with Crippen LogP contribution in [0.4, 0.5) is 13.2 Å². The molecular weight excluding hydrogens is 409 g/mol. The van der Waals surface area contributed by atoms with Gasteiger partial charge in [-0.2, -0.15) is 13.2 Å². The van der Waals surface area contributed by atoms with Gasteiger partial charge in [0, 0.05) is 17.1 Å². The van der Waals surface area contributed by atoms with Gasteiger partial charge in [0.05, 0.1) is 12.7 Å². The average Bonchev–Trinajstić information content (AvgIpc) is 3.03. The summed E-state index contributed by atoms with van der Waals surface area (Å²) in [6.45, 7) is 7.64. The van der Waals surface area contributed by atoms with Gasteiger partial charge in [0.25, 0.3) is 0 Å². The topological polar surface area (TPSA) is 44.8 Å². The summed E-state index contributed by atoms with van der Waals surface area (Å²) in [5, 5.41) is 0. The van der Waals surface area contributed by atoms with E-state index in [1.165, 1.54) is 13.2 Å². The first kappa shape index (κ1) is 23.0. The monoisotopic (exact) mass is 436 g/mol. The van der Waals surface area contributed by atoms with E-state index in [2.05, 4.69) is 6.58 Å². The number of carbonyl (C=O) groups is 1. The van der Waals surface area contributed by atoms with Crippen LogP contribution in [-0.2, 0) is 27.1 Å². The highest BCUT2D eigenvalue weighted by Gasteiger charge is 2.43. The third kappa shape index (κ3) is 4.81. The van der Waals surface area contributed by atoms with Gasteiger partial charge in [-0.1, -0.05) is 13.5 Å². The molecule has 1 aromatic carbocycles. The predicted molar refractivity (Wildman–Crippen MR) is 110 cm³/mol. The van der Waals surface area contributed by atoms with Crippen LogP contribution in [0.25, 0.3) is 0 Å². The Morgan fingerprint density at radius 2 is 2.10 bits per heavy atom. The minimum absolute atomic E-state index is 0.0300. The second kappa shape index (κ2) is 9.20. The maximum Gasteiger partial charge on any atom is 0.416 e. The minimum Gasteiger partial charge on any atom is -0.496 e. The van der Waals surface area contributed by atoms with Crippen molar-refractivity contribution in [3.8, 4) is 5.75 Å². The molecule has 31 heavy (non-hydrogen) atoms. The largest absolute Gasteiger partial charge is 0.496 e. The van der Waals surface area contributed by atoms with E-state index in [-0.39, 0.29) is 24.6 Å². The Labute approximate surface area is 180 Å². The van der Waals surface area contributed by atoms with Crippen LogP contribution in [0.3, 0.4) is 0 Å². The maximum absolute atomic E-state index is 13.1. The molecule has 1 aliphatic carbocycles. The van der Waals surface area contributed by atoms with Crippen LogP contribution in [0.15, 0.2) is 53.3 Å². The van der Waals surface area contributed by atoms with E-state index >= 15 is 0 Å². The van der Waals surface area contributed by atoms with E-state index in [1.807, 2.05) is 19.9 Å². The number of halogens is 3. The fourth-order valence-corrected chi connectivity index (χ4v) is 4.19. The first-order chi connectivity index (χ1) is 14.7. The molecule has 0 aromatic heterocycles. The second-order valence-electron chi connectivity index (χ2n) is 7.79. The van der Waals surface area contributed by atoms with Gasteiger partial charge in [-0.25, -0.2) is 4.79 Å². The Morgan fingerprint density at radius 3 is 2.74 bits per heavy atom. The van der Waals surface area contributed by atoms with Crippen molar-refractivity contribution in [3.05, 3.63) is 64.5 Å². The molecule has 0 amide bonds. The number of ether oxygens (including phenoxy) is 3. The minimum atomic E-state index is -4.45. The fourth-order valence-electron chi connectivity index (χ4n) is 4.19. The van der Waals surface area contributed by atoms with Gasteiger partial charge in [-0.3, -0.25) is 0 Å². The number of benzene rings is 1. The molecular formula is C24H27F3O4. The highest BCUT2D eigenvalue weighted by Crippen LogP contribution is 2.43. The van der Waals surface area contributed by atoms with Crippen molar-refractivity contribution in [2.45, 2.75) is 58.4 Å². The van der Waals surface area contributed by atoms with Gasteiger partial charge >= 0.3 is 12.1 Å². The third-order valence-electron chi connectivity index (χ3n) is 5.85. The highest BCUT2D eigenvalue weighted by molar-refractivity contribution is 5.91. The number of hydrogen-bond donors (Lipinski definition) is 0. The summed E-state index contributed by atoms with van der Waals surface area (Å²) < 4.78 is 56.2. The Balaban J connectivity index is 1.87. The molecule has 1 aliphatic heterocycles. The third-order valence-corrected chi connectivity index (χ3v) is 5.85. The molecule has 4 nitrogen and oxygen atoms in total. The number of alkyl halides is 3. The molecule has 168 valence electrons. The zero-order chi connectivity index (χ0) is 22.8. The second-order valence-corrected chi connectivity index (χ2v) is 7.79. The van der Waals surface area contributed by atoms with Gasteiger partial charge in [0.1, 0.15) is 24.2 Å². The van der Waals surface area contributed by atoms with E-state index in [0.717, 1.165) is 42.5 Å². The van der Waals surface area contributed by atoms with Crippen molar-refractivity contribution in [2.75, 3.05) is 7.11 Å². The standard InChI is InChI=1S/C24H27F3O4/c1-5-7-20(14(2)18-8-6-9-19-15(3)23(28)31-22(18)19)30-13-16-12-17(24(25,26)27)10-11-21(16)29-4/h7,10-12,19,22H,3,5-6,8-9,13H2,1-2,4H3/b18-14+,20-7+/t19-,22-/m0/s1. The average molecular weight is 436 g/mol. The van der Waals surface area contributed by atoms with Crippen molar-refractivity contribution in [1.82, 2.24) is 0 Å². The normalized spacial score (nSPS) is 23.4. The molecule has 0 spiro atoms. The number of allylic oxidation sites excluding steroid dienone is 2. The van der Waals surface area contributed by atoms with Crippen molar-refractivity contribution in [2.24, 2.45) is 5.92 Å². The van der Waals surface area contributed by atoms with Crippen molar-refractivity contribution < 1.29 is 32.2 Å². The quantitative estimate of drug-likeness (QED) is 0.306. The van der Waals surface area contributed by atoms with Crippen LogP contribution >= 0.6 is 0 Å². The SMILES string of the molecule is C=C1C(=O)O[C@H]2/C(=C(C)/C(=C\CC)OCc3cc(C(F)(F)F)ccc3OC)CCC[C@@H]12. The lowest BCUT2D eigenvalue weighted by atomic mass is 9.79. The van der Waals surface area contributed by atoms with Gasteiger partial charge in [0.15, 0.2) is 0 Å². The van der Waals surface area contributed by atoms with E-state index in [0.29, 0.717) is 29.1 Å². The number of carbonyl (C=O) groups excluding carboxylic acids is 1. The van der Waals surface area contributed by atoms with Gasteiger partial charge in [0.2, 0.25) is 0 Å². The lowest BCUT2D eigenvalue weighted by Crippen LogP contribution is -2.25. The molecule has 7 heteroatoms. The van der Waals surface area contributed by atoms with Crippen molar-refractivity contribution in [1.29, 1.82) is 0 Å². The molecule has 0 N–H and O–H groups in total. The number of methoxy groups -OCH3 is 1. The summed E-state index contributed by atoms with van der Waals surface area (Å²) >= 11 is 0. The maximum atomic E-state index is 13.1. The Bertz CT molecular complexity index is 927. The Kier molecular flexibility index (Phi) is 6.82. The molecule has 3 rings (SSSR count). The van der Waals surface area contributed by atoms with Gasteiger partial charge in [-0.05, 0) is 68.0 Å². The first-order valence-electron chi connectivity index (χ1n) is 10.3. The number of rotatable bonds is 6. The molecule has 0 unspecified atom stereocenters. The summed E-state index contributed by atoms with van der Waals surface area (Å²) in [7, 11) is 1.41. The predicted octanol–water partition coefficient (Wildman–Crippen LogP) is 6.12. The van der Waals surface area contributed by atoms with E-state index in [9.17, 15) is 18.0 Å². The summed E-state index contributed by atoms with van der Waals surface area (Å²) in [6, 6.07) is 3.33. The van der Waals surface area contributed by atoms with Crippen LogP contribution in [0, 0.1) is 5.92 Å². The van der Waals surface area contributed by atoms with Crippen molar-refractivity contribution in [3.63, 3.8) is 0 Å². The Morgan fingerprint density at radius 1 is 1.35 bits per heavy atom. The lowest BCUT2D eigenvalue weighted by Gasteiger charge is -2.28. The summed E-state index contributed by atoms with van der Waals surface area (Å²) in [6.07, 6.45) is 0.293. The zero-order valence-corrected chi connectivity index (χ0v) is 18.0. The number of fused-ring (bicyclic) bond motifs is 1. The molecule has 1 aromatic rings. The first-order valence-corrected chi connectivity index (χ1v) is 10.3. The van der Waals surface area contributed by atoms with Crippen LogP contribution in [-0.4, -0.2) is 19.2 Å². The van der Waals surface area contributed by atoms with Crippen LogP contribution in [0.5, 0.6) is 5.75 Å². The van der Waals surface area contributed by atoms with Gasteiger partial charge in [-0.15, -0.1) is 0 Å². The molecule has 1 saturated heterocycles.